The molecular formula is C10H6ClI3N2O2S2. The van der Waals surface area contributed by atoms with E-state index >= 15 is 0 Å². The summed E-state index contributed by atoms with van der Waals surface area (Å²) in [6.07, 6.45) is 0. The van der Waals surface area contributed by atoms with Gasteiger partial charge in [0.25, 0.3) is 10.0 Å². The van der Waals surface area contributed by atoms with Gasteiger partial charge in [0.05, 0.1) is 11.4 Å². The largest absolute Gasteiger partial charge is 0.277 e. The zero-order chi connectivity index (χ0) is 15.1. The van der Waals surface area contributed by atoms with Crippen molar-refractivity contribution in [1.82, 2.24) is 4.98 Å². The van der Waals surface area contributed by atoms with Crippen LogP contribution in [-0.2, 0) is 10.0 Å². The van der Waals surface area contributed by atoms with E-state index in [1.807, 2.05) is 12.1 Å². The number of nitrogens with one attached hydrogen (secondary N) is 1. The standard InChI is InChI=1S/C10H6ClI3N2O2S2/c1-4-9(19-10(11)15-4)20(17,18)16-8-6(13)2-5(12)3-7(8)14/h2-3,16H,1H3. The van der Waals surface area contributed by atoms with E-state index in [1.165, 1.54) is 0 Å². The normalized spacial score (nSPS) is 11.7. The molecule has 0 spiro atoms. The van der Waals surface area contributed by atoms with Gasteiger partial charge < -0.3 is 0 Å². The lowest BCUT2D eigenvalue weighted by molar-refractivity contribution is 0.602. The fourth-order valence-corrected chi connectivity index (χ4v) is 8.48. The number of aromatic nitrogens is 1. The highest BCUT2D eigenvalue weighted by molar-refractivity contribution is 14.1. The number of rotatable bonds is 3. The first kappa shape index (κ1) is 17.4. The molecule has 0 saturated carbocycles. The average molecular weight is 666 g/mol. The summed E-state index contributed by atoms with van der Waals surface area (Å²) in [5.74, 6) is 0. The van der Waals surface area contributed by atoms with Gasteiger partial charge in [-0.1, -0.05) is 22.9 Å². The molecule has 0 atom stereocenters. The molecule has 0 radical (unpaired) electrons. The van der Waals surface area contributed by atoms with Crippen molar-refractivity contribution in [1.29, 1.82) is 0 Å². The molecular weight excluding hydrogens is 660 g/mol. The van der Waals surface area contributed by atoms with Crippen LogP contribution in [0.5, 0.6) is 0 Å². The minimum absolute atomic E-state index is 0.146. The Hall–Kier alpha value is 1.08. The molecule has 1 aromatic heterocycles. The highest BCUT2D eigenvalue weighted by Gasteiger charge is 2.23. The fourth-order valence-electron chi connectivity index (χ4n) is 1.42. The number of anilines is 1. The Balaban J connectivity index is 2.46. The molecule has 0 fully saturated rings. The van der Waals surface area contributed by atoms with Gasteiger partial charge in [0.1, 0.15) is 0 Å². The minimum atomic E-state index is -3.67. The van der Waals surface area contributed by atoms with Crippen molar-refractivity contribution in [3.8, 4) is 0 Å². The van der Waals surface area contributed by atoms with Gasteiger partial charge in [0.2, 0.25) is 0 Å². The zero-order valence-corrected chi connectivity index (χ0v) is 18.6. The number of nitrogens with zero attached hydrogens (tertiary/aromatic N) is 1. The Morgan fingerprint density at radius 3 is 2.25 bits per heavy atom. The number of thiazole rings is 1. The molecule has 0 aliphatic carbocycles. The highest BCUT2D eigenvalue weighted by Crippen LogP contribution is 2.32. The Morgan fingerprint density at radius 1 is 1.25 bits per heavy atom. The maximum absolute atomic E-state index is 12.4. The molecule has 20 heavy (non-hydrogen) atoms. The van der Waals surface area contributed by atoms with Gasteiger partial charge in [-0.25, -0.2) is 13.4 Å². The Bertz CT molecular complexity index is 754. The van der Waals surface area contributed by atoms with Crippen LogP contribution in [0.4, 0.5) is 5.69 Å². The summed E-state index contributed by atoms with van der Waals surface area (Å²) in [7, 11) is -3.67. The average Bonchev–Trinajstić information content (AvgIpc) is 2.64. The maximum Gasteiger partial charge on any atom is 0.273 e. The predicted molar refractivity (Wildman–Crippen MR) is 107 cm³/mol. The molecule has 0 aliphatic heterocycles. The minimum Gasteiger partial charge on any atom is -0.277 e. The number of hydrogen-bond donors (Lipinski definition) is 1. The van der Waals surface area contributed by atoms with E-state index in [0.717, 1.165) is 22.0 Å². The summed E-state index contributed by atoms with van der Waals surface area (Å²) in [6.45, 7) is 1.63. The van der Waals surface area contributed by atoms with Gasteiger partial charge in [-0.2, -0.15) is 0 Å². The molecule has 1 aromatic carbocycles. The smallest absolute Gasteiger partial charge is 0.273 e. The van der Waals surface area contributed by atoms with Gasteiger partial charge >= 0.3 is 0 Å². The number of hydrogen-bond acceptors (Lipinski definition) is 4. The monoisotopic (exact) mass is 666 g/mol. The fraction of sp³-hybridized carbons (Fsp3) is 0.100. The predicted octanol–water partition coefficient (Wildman–Crippen LogP) is 4.72. The second kappa shape index (κ2) is 6.68. The van der Waals surface area contributed by atoms with Crippen LogP contribution in [0.2, 0.25) is 4.47 Å². The summed E-state index contributed by atoms with van der Waals surface area (Å²) in [5.41, 5.74) is 0.985. The van der Waals surface area contributed by atoms with Crippen molar-refractivity contribution in [3.05, 3.63) is 33.0 Å². The second-order valence-corrected chi connectivity index (χ2v) is 10.7. The molecule has 108 valence electrons. The third-order valence-electron chi connectivity index (χ3n) is 2.22. The van der Waals surface area contributed by atoms with Gasteiger partial charge in [-0.15, -0.1) is 0 Å². The summed E-state index contributed by atoms with van der Waals surface area (Å²) in [4.78, 5) is 3.94. The number of sulfonamides is 1. The van der Waals surface area contributed by atoms with Crippen LogP contribution in [0.3, 0.4) is 0 Å². The first-order valence-electron chi connectivity index (χ1n) is 5.01. The van der Waals surface area contributed by atoms with Crippen LogP contribution in [0, 0.1) is 17.6 Å². The van der Waals surface area contributed by atoms with Gasteiger partial charge in [0.15, 0.2) is 8.68 Å². The third-order valence-corrected chi connectivity index (χ3v) is 7.76. The summed E-state index contributed by atoms with van der Waals surface area (Å²) in [6, 6.07) is 3.82. The number of benzene rings is 1. The molecule has 2 aromatic rings. The molecule has 1 N–H and O–H groups in total. The molecule has 10 heteroatoms. The lowest BCUT2D eigenvalue weighted by Crippen LogP contribution is -2.14. The van der Waals surface area contributed by atoms with E-state index in [1.54, 1.807) is 6.92 Å². The van der Waals surface area contributed by atoms with E-state index in [4.69, 9.17) is 11.6 Å². The van der Waals surface area contributed by atoms with E-state index in [-0.39, 0.29) is 8.68 Å². The van der Waals surface area contributed by atoms with Crippen LogP contribution in [0.25, 0.3) is 0 Å². The molecule has 0 amide bonds. The van der Waals surface area contributed by atoms with Crippen molar-refractivity contribution >= 4 is 106 Å². The van der Waals surface area contributed by atoms with E-state index in [2.05, 4.69) is 77.5 Å². The van der Waals surface area contributed by atoms with Crippen molar-refractivity contribution in [3.63, 3.8) is 0 Å². The molecule has 1 heterocycles. The van der Waals surface area contributed by atoms with E-state index < -0.39 is 10.0 Å². The molecule has 0 saturated heterocycles. The Kier molecular flexibility index (Phi) is 5.82. The number of aryl methyl sites for hydroxylation is 1. The maximum atomic E-state index is 12.4. The lowest BCUT2D eigenvalue weighted by Gasteiger charge is -2.11. The SMILES string of the molecule is Cc1nc(Cl)sc1S(=O)(=O)Nc1c(I)cc(I)cc1I. The summed E-state index contributed by atoms with van der Waals surface area (Å²) >= 11 is 13.1. The van der Waals surface area contributed by atoms with Gasteiger partial charge in [-0.3, -0.25) is 4.72 Å². The summed E-state index contributed by atoms with van der Waals surface area (Å²) < 4.78 is 30.6. The van der Waals surface area contributed by atoms with Crippen LogP contribution in [0.15, 0.2) is 16.3 Å². The lowest BCUT2D eigenvalue weighted by atomic mass is 10.3. The number of halogens is 4. The summed E-state index contributed by atoms with van der Waals surface area (Å²) in [5, 5.41) is 0. The zero-order valence-electron chi connectivity index (χ0n) is 9.75. The van der Waals surface area contributed by atoms with Crippen LogP contribution in [0.1, 0.15) is 5.69 Å². The van der Waals surface area contributed by atoms with Gasteiger partial charge in [-0.05, 0) is 86.8 Å². The third kappa shape index (κ3) is 3.88. The first-order valence-corrected chi connectivity index (χ1v) is 10.9. The molecule has 2 rings (SSSR count). The van der Waals surface area contributed by atoms with Crippen LogP contribution >= 0.6 is 90.7 Å². The van der Waals surface area contributed by atoms with Crippen molar-refractivity contribution < 1.29 is 8.42 Å². The van der Waals surface area contributed by atoms with Crippen molar-refractivity contribution in [2.24, 2.45) is 0 Å². The first-order chi connectivity index (χ1) is 9.20. The highest BCUT2D eigenvalue weighted by atomic mass is 127. The van der Waals surface area contributed by atoms with Gasteiger partial charge in [0, 0.05) is 10.7 Å². The second-order valence-electron chi connectivity index (χ2n) is 3.69. The Morgan fingerprint density at radius 2 is 1.80 bits per heavy atom. The van der Waals surface area contributed by atoms with E-state index in [0.29, 0.717) is 11.4 Å². The molecule has 0 unspecified atom stereocenters. The molecule has 4 nitrogen and oxygen atoms in total. The molecule has 0 bridgehead atoms. The van der Waals surface area contributed by atoms with E-state index in [9.17, 15) is 8.42 Å². The Labute approximate surface area is 166 Å². The van der Waals surface area contributed by atoms with Crippen molar-refractivity contribution in [2.75, 3.05) is 4.72 Å². The quantitative estimate of drug-likeness (QED) is 0.483. The van der Waals surface area contributed by atoms with Crippen LogP contribution < -0.4 is 4.72 Å². The molecule has 0 aliphatic rings. The van der Waals surface area contributed by atoms with Crippen LogP contribution in [-0.4, -0.2) is 13.4 Å². The van der Waals surface area contributed by atoms with Crippen molar-refractivity contribution in [2.45, 2.75) is 11.1 Å². The topological polar surface area (TPSA) is 59.1 Å².